The smallest absolute Gasteiger partial charge is 0.344 e. The molecule has 30 heavy (non-hydrogen) atoms. The highest BCUT2D eigenvalue weighted by Gasteiger charge is 2.30. The molecule has 0 heterocycles. The molecule has 0 unspecified atom stereocenters. The van der Waals surface area contributed by atoms with E-state index in [0.717, 1.165) is 17.7 Å². The Labute approximate surface area is 170 Å². The summed E-state index contributed by atoms with van der Waals surface area (Å²) >= 11 is 0. The van der Waals surface area contributed by atoms with Crippen molar-refractivity contribution in [1.82, 2.24) is 10.7 Å². The Kier molecular flexibility index (Phi) is 7.68. The molecule has 3 amide bonds. The summed E-state index contributed by atoms with van der Waals surface area (Å²) in [4.78, 5) is 35.4. The molecule has 0 bridgehead atoms. The molecule has 0 saturated carbocycles. The molecule has 7 nitrogen and oxygen atoms in total. The summed E-state index contributed by atoms with van der Waals surface area (Å²) in [5.41, 5.74) is 2.08. The predicted molar refractivity (Wildman–Crippen MR) is 104 cm³/mol. The summed E-state index contributed by atoms with van der Waals surface area (Å²) in [7, 11) is 0. The number of nitrogens with one attached hydrogen (secondary N) is 3. The summed E-state index contributed by atoms with van der Waals surface area (Å²) in [5.74, 6) is -2.54. The fourth-order valence-electron chi connectivity index (χ4n) is 2.31. The van der Waals surface area contributed by atoms with Gasteiger partial charge in [-0.2, -0.15) is 18.3 Å². The normalized spacial score (nSPS) is 11.5. The number of carbonyl (C=O) groups is 3. The van der Waals surface area contributed by atoms with Crippen LogP contribution in [0.4, 0.5) is 18.9 Å². The number of anilines is 1. The molecule has 0 aliphatic rings. The Bertz CT molecular complexity index is 944. The zero-order valence-electron chi connectivity index (χ0n) is 15.9. The lowest BCUT2D eigenvalue weighted by atomic mass is 10.2. The van der Waals surface area contributed by atoms with E-state index in [1.54, 1.807) is 24.3 Å². The number of nitrogens with zero attached hydrogens (tertiary/aromatic N) is 1. The SMILES string of the molecule is CC(CC(=O)Nc1cccc(C(F)(F)F)c1)=NNC(=O)C(=O)NCc1ccccc1. The van der Waals surface area contributed by atoms with E-state index in [1.807, 2.05) is 11.5 Å². The second kappa shape index (κ2) is 10.2. The minimum Gasteiger partial charge on any atom is -0.344 e. The van der Waals surface area contributed by atoms with Crippen molar-refractivity contribution in [2.45, 2.75) is 26.1 Å². The molecule has 0 fully saturated rings. The standard InChI is InChI=1S/C20H19F3N4O3/c1-13(10-17(28)25-16-9-5-8-15(11-16)20(21,22)23)26-27-19(30)18(29)24-12-14-6-3-2-4-7-14/h2-9,11H,10,12H2,1H3,(H,24,29)(H,25,28)(H,27,30). The van der Waals surface area contributed by atoms with E-state index in [-0.39, 0.29) is 24.4 Å². The lowest BCUT2D eigenvalue weighted by Crippen LogP contribution is -2.37. The molecule has 0 saturated heterocycles. The van der Waals surface area contributed by atoms with Crippen LogP contribution < -0.4 is 16.1 Å². The Morgan fingerprint density at radius 3 is 2.33 bits per heavy atom. The van der Waals surface area contributed by atoms with Crippen LogP contribution in [-0.4, -0.2) is 23.4 Å². The maximum atomic E-state index is 12.7. The molecular formula is C20H19F3N4O3. The number of benzene rings is 2. The Hall–Kier alpha value is -3.69. The lowest BCUT2D eigenvalue weighted by molar-refractivity contribution is -0.139. The van der Waals surface area contributed by atoms with Crippen molar-refractivity contribution in [1.29, 1.82) is 0 Å². The number of halogens is 3. The maximum absolute atomic E-state index is 12.7. The highest BCUT2D eigenvalue weighted by atomic mass is 19.4. The molecule has 0 spiro atoms. The molecular weight excluding hydrogens is 401 g/mol. The van der Waals surface area contributed by atoms with Crippen LogP contribution in [0.3, 0.4) is 0 Å². The van der Waals surface area contributed by atoms with E-state index >= 15 is 0 Å². The topological polar surface area (TPSA) is 99.7 Å². The quantitative estimate of drug-likeness (QED) is 0.381. The minimum absolute atomic E-state index is 0.0213. The van der Waals surface area contributed by atoms with Crippen LogP contribution in [0, 0.1) is 0 Å². The van der Waals surface area contributed by atoms with Crippen molar-refractivity contribution in [2.75, 3.05) is 5.32 Å². The first-order valence-electron chi connectivity index (χ1n) is 8.77. The molecule has 10 heteroatoms. The van der Waals surface area contributed by atoms with Crippen molar-refractivity contribution in [2.24, 2.45) is 5.10 Å². The van der Waals surface area contributed by atoms with E-state index in [0.29, 0.717) is 0 Å². The van der Waals surface area contributed by atoms with E-state index < -0.39 is 29.5 Å². The van der Waals surface area contributed by atoms with Gasteiger partial charge in [0.25, 0.3) is 0 Å². The van der Waals surface area contributed by atoms with Crippen molar-refractivity contribution >= 4 is 29.1 Å². The highest BCUT2D eigenvalue weighted by molar-refractivity contribution is 6.35. The third-order valence-corrected chi connectivity index (χ3v) is 3.74. The molecule has 2 aromatic carbocycles. The molecule has 0 aromatic heterocycles. The van der Waals surface area contributed by atoms with Crippen LogP contribution in [0.2, 0.25) is 0 Å². The number of hydrogen-bond acceptors (Lipinski definition) is 4. The van der Waals surface area contributed by atoms with Crippen LogP contribution in [0.25, 0.3) is 0 Å². The Morgan fingerprint density at radius 1 is 0.967 bits per heavy atom. The first kappa shape index (κ1) is 22.6. The van der Waals surface area contributed by atoms with E-state index in [1.165, 1.54) is 19.1 Å². The summed E-state index contributed by atoms with van der Waals surface area (Å²) in [5, 5.41) is 8.40. The number of rotatable bonds is 6. The van der Waals surface area contributed by atoms with Gasteiger partial charge in [-0.15, -0.1) is 0 Å². The van der Waals surface area contributed by atoms with E-state index in [2.05, 4.69) is 15.7 Å². The zero-order valence-corrected chi connectivity index (χ0v) is 15.9. The van der Waals surface area contributed by atoms with Crippen molar-refractivity contribution in [3.05, 3.63) is 65.7 Å². The van der Waals surface area contributed by atoms with Gasteiger partial charge >= 0.3 is 18.0 Å². The molecule has 3 N–H and O–H groups in total. The first-order chi connectivity index (χ1) is 14.1. The van der Waals surface area contributed by atoms with Crippen LogP contribution >= 0.6 is 0 Å². The van der Waals surface area contributed by atoms with E-state index in [9.17, 15) is 27.6 Å². The average molecular weight is 420 g/mol. The molecule has 2 aromatic rings. The molecule has 0 aliphatic carbocycles. The van der Waals surface area contributed by atoms with Crippen molar-refractivity contribution in [3.63, 3.8) is 0 Å². The molecule has 0 radical (unpaired) electrons. The second-order valence-electron chi connectivity index (χ2n) is 6.26. The summed E-state index contributed by atoms with van der Waals surface area (Å²) < 4.78 is 38.1. The number of alkyl halides is 3. The van der Waals surface area contributed by atoms with Crippen LogP contribution in [0.5, 0.6) is 0 Å². The third kappa shape index (κ3) is 7.38. The highest BCUT2D eigenvalue weighted by Crippen LogP contribution is 2.30. The number of amides is 3. The molecule has 0 atom stereocenters. The third-order valence-electron chi connectivity index (χ3n) is 3.74. The largest absolute Gasteiger partial charge is 0.416 e. The number of carbonyl (C=O) groups excluding carboxylic acids is 3. The van der Waals surface area contributed by atoms with Crippen LogP contribution in [0.15, 0.2) is 59.7 Å². The summed E-state index contributed by atoms with van der Waals surface area (Å²) in [6.45, 7) is 1.59. The van der Waals surface area contributed by atoms with Crippen molar-refractivity contribution < 1.29 is 27.6 Å². The van der Waals surface area contributed by atoms with Gasteiger partial charge in [-0.1, -0.05) is 36.4 Å². The summed E-state index contributed by atoms with van der Waals surface area (Å²) in [6, 6.07) is 13.2. The molecule has 0 aliphatic heterocycles. The van der Waals surface area contributed by atoms with Gasteiger partial charge in [0.2, 0.25) is 5.91 Å². The first-order valence-corrected chi connectivity index (χ1v) is 8.77. The predicted octanol–water partition coefficient (Wildman–Crippen LogP) is 2.84. The summed E-state index contributed by atoms with van der Waals surface area (Å²) in [6.07, 6.45) is -4.81. The Balaban J connectivity index is 1.82. The van der Waals surface area contributed by atoms with Gasteiger partial charge in [-0.3, -0.25) is 14.4 Å². The second-order valence-corrected chi connectivity index (χ2v) is 6.26. The zero-order chi connectivity index (χ0) is 22.1. The Morgan fingerprint density at radius 2 is 1.67 bits per heavy atom. The average Bonchev–Trinajstić information content (AvgIpc) is 2.70. The number of hydrogen-bond donors (Lipinski definition) is 3. The molecule has 158 valence electrons. The van der Waals surface area contributed by atoms with Gasteiger partial charge < -0.3 is 10.6 Å². The van der Waals surface area contributed by atoms with Gasteiger partial charge in [0.1, 0.15) is 0 Å². The van der Waals surface area contributed by atoms with Gasteiger partial charge in [-0.05, 0) is 30.7 Å². The molecule has 2 rings (SSSR count). The van der Waals surface area contributed by atoms with Gasteiger partial charge in [0.05, 0.1) is 12.0 Å². The monoisotopic (exact) mass is 420 g/mol. The maximum Gasteiger partial charge on any atom is 0.416 e. The number of hydrazone groups is 1. The van der Waals surface area contributed by atoms with Gasteiger partial charge in [-0.25, -0.2) is 5.43 Å². The fourth-order valence-corrected chi connectivity index (χ4v) is 2.31. The van der Waals surface area contributed by atoms with Gasteiger partial charge in [0, 0.05) is 17.9 Å². The minimum atomic E-state index is -4.52. The van der Waals surface area contributed by atoms with Gasteiger partial charge in [0.15, 0.2) is 0 Å². The van der Waals surface area contributed by atoms with Crippen molar-refractivity contribution in [3.8, 4) is 0 Å². The van der Waals surface area contributed by atoms with Crippen LogP contribution in [-0.2, 0) is 27.1 Å². The van der Waals surface area contributed by atoms with Crippen LogP contribution in [0.1, 0.15) is 24.5 Å². The van der Waals surface area contributed by atoms with E-state index in [4.69, 9.17) is 0 Å². The fraction of sp³-hybridized carbons (Fsp3) is 0.200. The lowest BCUT2D eigenvalue weighted by Gasteiger charge is -2.10.